The van der Waals surface area contributed by atoms with E-state index in [1.165, 1.54) is 0 Å². The topological polar surface area (TPSA) is 75.0 Å². The monoisotopic (exact) mass is 358 g/mol. The van der Waals surface area contributed by atoms with E-state index in [4.69, 9.17) is 4.42 Å². The molecule has 4 rings (SSSR count). The zero-order chi connectivity index (χ0) is 18.1. The molecule has 3 heterocycles. The summed E-state index contributed by atoms with van der Waals surface area (Å²) >= 11 is 0. The van der Waals surface area contributed by atoms with Gasteiger partial charge in [-0.25, -0.2) is 13.8 Å². The number of hydrogen-bond donors (Lipinski definition) is 1. The highest BCUT2D eigenvalue weighted by molar-refractivity contribution is 5.92. The molecule has 6 nitrogen and oxygen atoms in total. The van der Waals surface area contributed by atoms with E-state index in [1.54, 1.807) is 4.90 Å². The predicted octanol–water partition coefficient (Wildman–Crippen LogP) is 3.12. The number of aromatic amines is 1. The van der Waals surface area contributed by atoms with E-state index in [9.17, 15) is 13.6 Å². The van der Waals surface area contributed by atoms with Gasteiger partial charge in [0.25, 0.3) is 12.3 Å². The van der Waals surface area contributed by atoms with Gasteiger partial charge in [0.15, 0.2) is 11.6 Å². The normalized spacial score (nSPS) is 13.9. The highest BCUT2D eigenvalue weighted by atomic mass is 19.3. The van der Waals surface area contributed by atoms with Crippen LogP contribution >= 0.6 is 0 Å². The summed E-state index contributed by atoms with van der Waals surface area (Å²) in [6, 6.07) is 10.9. The van der Waals surface area contributed by atoms with Crippen molar-refractivity contribution in [1.82, 2.24) is 20.1 Å². The first-order chi connectivity index (χ1) is 12.6. The molecule has 1 aliphatic rings. The van der Waals surface area contributed by atoms with E-state index in [1.807, 2.05) is 30.3 Å². The van der Waals surface area contributed by atoms with Gasteiger partial charge >= 0.3 is 0 Å². The van der Waals surface area contributed by atoms with Gasteiger partial charge < -0.3 is 9.32 Å². The summed E-state index contributed by atoms with van der Waals surface area (Å²) in [6.07, 6.45) is -1.57. The first-order valence-corrected chi connectivity index (χ1v) is 8.24. The first kappa shape index (κ1) is 16.4. The Hall–Kier alpha value is -3.03. The SMILES string of the molecule is O=C(c1cc(C(F)F)[nH]n1)N1CCc2oc(Cc3ccccc3)nc2C1. The third-order valence-corrected chi connectivity index (χ3v) is 4.31. The largest absolute Gasteiger partial charge is 0.445 e. The fourth-order valence-corrected chi connectivity index (χ4v) is 2.99. The van der Waals surface area contributed by atoms with Crippen LogP contribution in [-0.2, 0) is 19.4 Å². The molecule has 0 radical (unpaired) electrons. The quantitative estimate of drug-likeness (QED) is 0.778. The van der Waals surface area contributed by atoms with Gasteiger partial charge in [-0.15, -0.1) is 0 Å². The van der Waals surface area contributed by atoms with Crippen molar-refractivity contribution in [2.45, 2.75) is 25.8 Å². The molecule has 0 saturated heterocycles. The van der Waals surface area contributed by atoms with Crippen molar-refractivity contribution in [2.24, 2.45) is 0 Å². The number of aromatic nitrogens is 3. The van der Waals surface area contributed by atoms with Crippen molar-refractivity contribution in [3.05, 3.63) is 70.7 Å². The summed E-state index contributed by atoms with van der Waals surface area (Å²) in [5.41, 5.74) is 1.42. The molecule has 0 aliphatic carbocycles. The number of alkyl halides is 2. The van der Waals surface area contributed by atoms with Crippen molar-refractivity contribution in [3.63, 3.8) is 0 Å². The van der Waals surface area contributed by atoms with Crippen LogP contribution in [0.25, 0.3) is 0 Å². The number of carbonyl (C=O) groups excluding carboxylic acids is 1. The molecule has 1 aromatic carbocycles. The third-order valence-electron chi connectivity index (χ3n) is 4.31. The first-order valence-electron chi connectivity index (χ1n) is 8.24. The standard InChI is InChI=1S/C18H16F2N4O2/c19-17(20)12-9-13(23-22-12)18(25)24-7-6-15-14(10-24)21-16(26-15)8-11-4-2-1-3-5-11/h1-5,9,17H,6-8,10H2,(H,22,23). The Kier molecular flexibility index (Phi) is 4.24. The van der Waals surface area contributed by atoms with Gasteiger partial charge in [-0.1, -0.05) is 30.3 Å². The Bertz CT molecular complexity index is 920. The highest BCUT2D eigenvalue weighted by Gasteiger charge is 2.28. The van der Waals surface area contributed by atoms with Crippen LogP contribution in [0, 0.1) is 0 Å². The average Bonchev–Trinajstić information content (AvgIpc) is 3.28. The molecule has 1 amide bonds. The van der Waals surface area contributed by atoms with Crippen LogP contribution < -0.4 is 0 Å². The minimum absolute atomic E-state index is 0.0169. The minimum atomic E-state index is -2.69. The number of fused-ring (bicyclic) bond motifs is 1. The van der Waals surface area contributed by atoms with Crippen molar-refractivity contribution < 1.29 is 18.0 Å². The van der Waals surface area contributed by atoms with Gasteiger partial charge in [0.1, 0.15) is 17.1 Å². The molecule has 134 valence electrons. The number of nitrogens with one attached hydrogen (secondary N) is 1. The van der Waals surface area contributed by atoms with Gasteiger partial charge in [-0.2, -0.15) is 5.10 Å². The molecule has 0 spiro atoms. The Morgan fingerprint density at radius 2 is 2.12 bits per heavy atom. The maximum Gasteiger partial charge on any atom is 0.279 e. The van der Waals surface area contributed by atoms with E-state index in [0.717, 1.165) is 17.4 Å². The van der Waals surface area contributed by atoms with Gasteiger partial charge in [0.2, 0.25) is 0 Å². The van der Waals surface area contributed by atoms with Crippen LogP contribution in [0.5, 0.6) is 0 Å². The second kappa shape index (κ2) is 6.70. The molecule has 2 aromatic heterocycles. The number of benzene rings is 1. The van der Waals surface area contributed by atoms with E-state index in [0.29, 0.717) is 31.0 Å². The van der Waals surface area contributed by atoms with Crippen molar-refractivity contribution >= 4 is 5.91 Å². The van der Waals surface area contributed by atoms with Gasteiger partial charge in [0, 0.05) is 19.4 Å². The number of H-pyrrole nitrogens is 1. The Morgan fingerprint density at radius 1 is 1.31 bits per heavy atom. The molecule has 0 atom stereocenters. The number of amides is 1. The maximum absolute atomic E-state index is 12.6. The number of rotatable bonds is 4. The lowest BCUT2D eigenvalue weighted by Gasteiger charge is -2.24. The second-order valence-corrected chi connectivity index (χ2v) is 6.13. The van der Waals surface area contributed by atoms with Gasteiger partial charge in [-0.05, 0) is 11.6 Å². The number of oxazole rings is 1. The third kappa shape index (κ3) is 3.22. The van der Waals surface area contributed by atoms with E-state index in [-0.39, 0.29) is 17.9 Å². The van der Waals surface area contributed by atoms with Crippen LogP contribution in [0.15, 0.2) is 40.8 Å². The van der Waals surface area contributed by atoms with Crippen LogP contribution in [0.1, 0.15) is 45.5 Å². The number of halogens is 2. The van der Waals surface area contributed by atoms with Gasteiger partial charge in [-0.3, -0.25) is 9.89 Å². The fourth-order valence-electron chi connectivity index (χ4n) is 2.99. The Morgan fingerprint density at radius 3 is 2.85 bits per heavy atom. The second-order valence-electron chi connectivity index (χ2n) is 6.13. The highest BCUT2D eigenvalue weighted by Crippen LogP contribution is 2.23. The molecule has 1 aliphatic heterocycles. The zero-order valence-electron chi connectivity index (χ0n) is 13.8. The maximum atomic E-state index is 12.6. The smallest absolute Gasteiger partial charge is 0.279 e. The lowest BCUT2D eigenvalue weighted by Crippen LogP contribution is -2.36. The van der Waals surface area contributed by atoms with Crippen molar-refractivity contribution in [1.29, 1.82) is 0 Å². The van der Waals surface area contributed by atoms with E-state index >= 15 is 0 Å². The van der Waals surface area contributed by atoms with Gasteiger partial charge in [0.05, 0.1) is 6.54 Å². The molecule has 0 saturated carbocycles. The Balaban J connectivity index is 1.48. The van der Waals surface area contributed by atoms with Crippen LogP contribution in [0.2, 0.25) is 0 Å². The van der Waals surface area contributed by atoms with Crippen LogP contribution in [0.4, 0.5) is 8.78 Å². The lowest BCUT2D eigenvalue weighted by molar-refractivity contribution is 0.0722. The van der Waals surface area contributed by atoms with Crippen molar-refractivity contribution in [3.8, 4) is 0 Å². The Labute approximate surface area is 147 Å². The molecule has 0 fully saturated rings. The molecule has 8 heteroatoms. The number of hydrogen-bond acceptors (Lipinski definition) is 4. The molecule has 0 bridgehead atoms. The molecule has 0 unspecified atom stereocenters. The predicted molar refractivity (Wildman–Crippen MR) is 87.7 cm³/mol. The van der Waals surface area contributed by atoms with Crippen LogP contribution in [0.3, 0.4) is 0 Å². The summed E-state index contributed by atoms with van der Waals surface area (Å²) in [7, 11) is 0. The summed E-state index contributed by atoms with van der Waals surface area (Å²) in [6.45, 7) is 0.714. The summed E-state index contributed by atoms with van der Waals surface area (Å²) < 4.78 is 31.1. The number of nitrogens with zero attached hydrogens (tertiary/aromatic N) is 3. The van der Waals surface area contributed by atoms with E-state index in [2.05, 4.69) is 15.2 Å². The molecule has 1 N–H and O–H groups in total. The zero-order valence-corrected chi connectivity index (χ0v) is 13.8. The summed E-state index contributed by atoms with van der Waals surface area (Å²) in [4.78, 5) is 18.5. The molecular formula is C18H16F2N4O2. The molecule has 26 heavy (non-hydrogen) atoms. The van der Waals surface area contributed by atoms with E-state index < -0.39 is 12.3 Å². The van der Waals surface area contributed by atoms with Crippen LogP contribution in [-0.4, -0.2) is 32.5 Å². The van der Waals surface area contributed by atoms with Crippen molar-refractivity contribution in [2.75, 3.05) is 6.54 Å². The minimum Gasteiger partial charge on any atom is -0.445 e. The average molecular weight is 358 g/mol. The fraction of sp³-hybridized carbons (Fsp3) is 0.278. The summed E-state index contributed by atoms with van der Waals surface area (Å²) in [5.74, 6) is 0.983. The number of carbonyl (C=O) groups is 1. The molecular weight excluding hydrogens is 342 g/mol. The lowest BCUT2D eigenvalue weighted by atomic mass is 10.1. The summed E-state index contributed by atoms with van der Waals surface area (Å²) in [5, 5.41) is 5.88. The molecule has 3 aromatic rings.